The highest BCUT2D eigenvalue weighted by Gasteiger charge is 2.22. The number of hydrogen-bond acceptors (Lipinski definition) is 3. The van der Waals surface area contributed by atoms with Crippen molar-refractivity contribution in [3.05, 3.63) is 12.2 Å². The van der Waals surface area contributed by atoms with Gasteiger partial charge in [0, 0.05) is 25.3 Å². The summed E-state index contributed by atoms with van der Waals surface area (Å²) in [5, 5.41) is 0. The molecule has 0 bridgehead atoms. The van der Waals surface area contributed by atoms with E-state index in [9.17, 15) is 9.59 Å². The fourth-order valence-electron chi connectivity index (χ4n) is 1.19. The maximum atomic E-state index is 11.1. The van der Waals surface area contributed by atoms with E-state index in [0.29, 0.717) is 19.6 Å². The molecule has 1 rings (SSSR count). The monoisotopic (exact) mass is 197 g/mol. The number of carbonyl (C=O) groups is 2. The van der Waals surface area contributed by atoms with Gasteiger partial charge >= 0.3 is 0 Å². The van der Waals surface area contributed by atoms with E-state index in [1.807, 2.05) is 13.8 Å². The second kappa shape index (κ2) is 4.91. The summed E-state index contributed by atoms with van der Waals surface area (Å²) in [5.74, 6) is -0.445. The second-order valence-electron chi connectivity index (χ2n) is 3.43. The van der Waals surface area contributed by atoms with Gasteiger partial charge in [-0.15, -0.1) is 0 Å². The normalized spacial score (nSPS) is 16.1. The lowest BCUT2D eigenvalue weighted by atomic mass is 10.4. The van der Waals surface area contributed by atoms with Crippen LogP contribution in [0, 0.1) is 0 Å². The quantitative estimate of drug-likeness (QED) is 0.482. The summed E-state index contributed by atoms with van der Waals surface area (Å²) in [6, 6.07) is 0. The number of hydrogen-bond donors (Lipinski definition) is 0. The van der Waals surface area contributed by atoms with Gasteiger partial charge in [0.05, 0.1) is 6.10 Å². The molecule has 1 heterocycles. The van der Waals surface area contributed by atoms with Crippen molar-refractivity contribution in [3.63, 3.8) is 0 Å². The van der Waals surface area contributed by atoms with Crippen LogP contribution < -0.4 is 0 Å². The largest absolute Gasteiger partial charge is 0.379 e. The fourth-order valence-corrected chi connectivity index (χ4v) is 1.19. The number of carbonyl (C=O) groups excluding carboxylic acids is 2. The lowest BCUT2D eigenvalue weighted by molar-refractivity contribution is -0.137. The molecule has 0 radical (unpaired) electrons. The molecule has 0 fully saturated rings. The van der Waals surface area contributed by atoms with Gasteiger partial charge in [-0.25, -0.2) is 0 Å². The van der Waals surface area contributed by atoms with Crippen molar-refractivity contribution >= 4 is 11.8 Å². The summed E-state index contributed by atoms with van der Waals surface area (Å²) in [6.45, 7) is 4.92. The molecule has 0 atom stereocenters. The van der Waals surface area contributed by atoms with E-state index < -0.39 is 0 Å². The van der Waals surface area contributed by atoms with Crippen LogP contribution >= 0.6 is 0 Å². The minimum absolute atomic E-state index is 0.193. The molecule has 14 heavy (non-hydrogen) atoms. The SMILES string of the molecule is CC(C)OCCCN1C(=O)C=CC1=O. The Morgan fingerprint density at radius 3 is 2.36 bits per heavy atom. The zero-order chi connectivity index (χ0) is 10.6. The molecule has 0 unspecified atom stereocenters. The van der Waals surface area contributed by atoms with Crippen LogP contribution in [0.25, 0.3) is 0 Å². The van der Waals surface area contributed by atoms with Gasteiger partial charge in [0.1, 0.15) is 0 Å². The van der Waals surface area contributed by atoms with Crippen LogP contribution in [0.1, 0.15) is 20.3 Å². The number of amides is 2. The third-order valence-corrected chi connectivity index (χ3v) is 1.88. The van der Waals surface area contributed by atoms with Crippen molar-refractivity contribution < 1.29 is 14.3 Å². The first kappa shape index (κ1) is 10.9. The van der Waals surface area contributed by atoms with Gasteiger partial charge in [0.25, 0.3) is 11.8 Å². The number of nitrogens with zero attached hydrogens (tertiary/aromatic N) is 1. The molecule has 2 amide bonds. The van der Waals surface area contributed by atoms with Crippen LogP contribution in [-0.2, 0) is 14.3 Å². The molecule has 0 aromatic heterocycles. The van der Waals surface area contributed by atoms with E-state index >= 15 is 0 Å². The maximum absolute atomic E-state index is 11.1. The van der Waals surface area contributed by atoms with Gasteiger partial charge in [0.2, 0.25) is 0 Å². The summed E-state index contributed by atoms with van der Waals surface area (Å²) in [6.07, 6.45) is 3.48. The van der Waals surface area contributed by atoms with E-state index in [1.54, 1.807) is 0 Å². The summed E-state index contributed by atoms with van der Waals surface area (Å²) in [5.41, 5.74) is 0. The zero-order valence-corrected chi connectivity index (χ0v) is 8.53. The summed E-state index contributed by atoms with van der Waals surface area (Å²) < 4.78 is 5.30. The van der Waals surface area contributed by atoms with E-state index in [1.165, 1.54) is 17.1 Å². The van der Waals surface area contributed by atoms with Gasteiger partial charge in [-0.3, -0.25) is 14.5 Å². The molecule has 1 aliphatic rings. The highest BCUT2D eigenvalue weighted by Crippen LogP contribution is 2.04. The molecule has 4 nitrogen and oxygen atoms in total. The molecular formula is C10H15NO3. The van der Waals surface area contributed by atoms with Gasteiger partial charge in [-0.2, -0.15) is 0 Å². The van der Waals surface area contributed by atoms with Crippen LogP contribution in [-0.4, -0.2) is 36.0 Å². The van der Waals surface area contributed by atoms with Gasteiger partial charge in [-0.1, -0.05) is 0 Å². The van der Waals surface area contributed by atoms with Gasteiger partial charge in [-0.05, 0) is 20.3 Å². The Morgan fingerprint density at radius 2 is 1.86 bits per heavy atom. The molecule has 4 heteroatoms. The predicted molar refractivity (Wildman–Crippen MR) is 51.6 cm³/mol. The van der Waals surface area contributed by atoms with Crippen molar-refractivity contribution in [1.82, 2.24) is 4.90 Å². The number of ether oxygens (including phenoxy) is 1. The van der Waals surface area contributed by atoms with Crippen LogP contribution in [0.3, 0.4) is 0 Å². The first-order valence-electron chi connectivity index (χ1n) is 4.76. The lowest BCUT2D eigenvalue weighted by Crippen LogP contribution is -2.31. The van der Waals surface area contributed by atoms with Crippen molar-refractivity contribution in [1.29, 1.82) is 0 Å². The van der Waals surface area contributed by atoms with Crippen molar-refractivity contribution in [2.75, 3.05) is 13.2 Å². The van der Waals surface area contributed by atoms with Crippen LogP contribution in [0.2, 0.25) is 0 Å². The molecule has 0 aromatic rings. The van der Waals surface area contributed by atoms with Crippen LogP contribution in [0.5, 0.6) is 0 Å². The van der Waals surface area contributed by atoms with E-state index in [2.05, 4.69) is 0 Å². The van der Waals surface area contributed by atoms with E-state index in [-0.39, 0.29) is 17.9 Å². The van der Waals surface area contributed by atoms with Gasteiger partial charge in [0.15, 0.2) is 0 Å². The van der Waals surface area contributed by atoms with Crippen molar-refractivity contribution in [2.45, 2.75) is 26.4 Å². The molecule has 0 spiro atoms. The minimum atomic E-state index is -0.223. The maximum Gasteiger partial charge on any atom is 0.253 e. The average molecular weight is 197 g/mol. The molecule has 0 saturated carbocycles. The fraction of sp³-hybridized carbons (Fsp3) is 0.600. The molecule has 0 saturated heterocycles. The Bertz CT molecular complexity index is 240. The highest BCUT2D eigenvalue weighted by atomic mass is 16.5. The minimum Gasteiger partial charge on any atom is -0.379 e. The summed E-state index contributed by atoms with van der Waals surface area (Å²) in [7, 11) is 0. The van der Waals surface area contributed by atoms with Crippen molar-refractivity contribution in [2.24, 2.45) is 0 Å². The van der Waals surface area contributed by atoms with Gasteiger partial charge < -0.3 is 4.74 Å². The third kappa shape index (κ3) is 2.96. The molecule has 78 valence electrons. The molecule has 0 aromatic carbocycles. The number of imide groups is 1. The Balaban J connectivity index is 2.19. The molecule has 0 N–H and O–H groups in total. The lowest BCUT2D eigenvalue weighted by Gasteiger charge is -2.14. The Kier molecular flexibility index (Phi) is 3.83. The molecular weight excluding hydrogens is 182 g/mol. The first-order chi connectivity index (χ1) is 6.61. The van der Waals surface area contributed by atoms with E-state index in [4.69, 9.17) is 4.74 Å². The predicted octanol–water partition coefficient (Wildman–Crippen LogP) is 0.726. The average Bonchev–Trinajstić information content (AvgIpc) is 2.42. The van der Waals surface area contributed by atoms with Crippen LogP contribution in [0.4, 0.5) is 0 Å². The molecule has 1 aliphatic heterocycles. The zero-order valence-electron chi connectivity index (χ0n) is 8.53. The summed E-state index contributed by atoms with van der Waals surface area (Å²) in [4.78, 5) is 23.4. The van der Waals surface area contributed by atoms with Crippen molar-refractivity contribution in [3.8, 4) is 0 Å². The molecule has 0 aliphatic carbocycles. The Morgan fingerprint density at radius 1 is 1.29 bits per heavy atom. The summed E-state index contributed by atoms with van der Waals surface area (Å²) >= 11 is 0. The van der Waals surface area contributed by atoms with Crippen LogP contribution in [0.15, 0.2) is 12.2 Å². The topological polar surface area (TPSA) is 46.6 Å². The second-order valence-corrected chi connectivity index (χ2v) is 3.43. The highest BCUT2D eigenvalue weighted by molar-refractivity contribution is 6.12. The smallest absolute Gasteiger partial charge is 0.253 e. The Hall–Kier alpha value is -1.16. The first-order valence-corrected chi connectivity index (χ1v) is 4.76. The third-order valence-electron chi connectivity index (χ3n) is 1.88. The van der Waals surface area contributed by atoms with E-state index in [0.717, 1.165) is 0 Å². The Labute approximate surface area is 83.5 Å². The number of rotatable bonds is 5. The standard InChI is InChI=1S/C10H15NO3/c1-8(2)14-7-3-6-11-9(12)4-5-10(11)13/h4-5,8H,3,6-7H2,1-2H3.